The Bertz CT molecular complexity index is 2970. The van der Waals surface area contributed by atoms with E-state index in [9.17, 15) is 46.8 Å². The molecular formula is C62H80Co2F6N4O14S2. The van der Waals surface area contributed by atoms with Crippen molar-refractivity contribution in [2.24, 2.45) is 20.0 Å². The number of rotatable bonds is 12. The summed E-state index contributed by atoms with van der Waals surface area (Å²) in [4.78, 5) is 19.3. The van der Waals surface area contributed by atoms with Gasteiger partial charge in [-0.2, -0.15) is 26.3 Å². The van der Waals surface area contributed by atoms with Crippen LogP contribution < -0.4 is 39.4 Å². The smallest absolute Gasteiger partial charge is 0.872 e. The molecule has 0 unspecified atom stereocenters. The van der Waals surface area contributed by atoms with Gasteiger partial charge in [-0.1, -0.05) is 132 Å². The third-order valence-corrected chi connectivity index (χ3v) is 15.2. The maximum Gasteiger partial charge on any atom is 3.00 e. The van der Waals surface area contributed by atoms with Crippen LogP contribution in [0.4, 0.5) is 26.3 Å². The number of hydrogen-bond donors (Lipinski definition) is 0. The average molecular weight is 1400 g/mol. The van der Waals surface area contributed by atoms with E-state index in [4.69, 9.17) is 64.9 Å². The molecular weight excluding hydrogens is 1320 g/mol. The topological polar surface area (TPSA) is 293 Å². The van der Waals surface area contributed by atoms with Crippen molar-refractivity contribution in [2.45, 2.75) is 191 Å². The minimum absolute atomic E-state index is 0. The molecule has 0 aliphatic heterocycles. The van der Waals surface area contributed by atoms with Gasteiger partial charge in [0.2, 0.25) is 0 Å². The van der Waals surface area contributed by atoms with Gasteiger partial charge in [-0.05, 0) is 140 Å². The second-order valence-corrected chi connectivity index (χ2v) is 27.9. The van der Waals surface area contributed by atoms with Gasteiger partial charge in [-0.25, -0.2) is 16.8 Å². The summed E-state index contributed by atoms with van der Waals surface area (Å²) >= 11 is 0. The van der Waals surface area contributed by atoms with Crippen LogP contribution in [0.3, 0.4) is 0 Å². The van der Waals surface area contributed by atoms with E-state index in [1.54, 1.807) is 77.6 Å². The molecule has 4 aromatic carbocycles. The Hall–Kier alpha value is -5.63. The van der Waals surface area contributed by atoms with E-state index in [0.29, 0.717) is 67.5 Å². The molecule has 0 bridgehead atoms. The number of alkyl halides is 6. The monoisotopic (exact) mass is 1400 g/mol. The zero-order valence-corrected chi connectivity index (χ0v) is 56.9. The van der Waals surface area contributed by atoms with Crippen LogP contribution in [0, 0.1) is 0 Å². The summed E-state index contributed by atoms with van der Waals surface area (Å²) in [5, 5.41) is 52.5. The van der Waals surface area contributed by atoms with Crippen LogP contribution >= 0.6 is 0 Å². The van der Waals surface area contributed by atoms with Crippen LogP contribution in [0.2, 0.25) is 0 Å². The van der Waals surface area contributed by atoms with E-state index in [0.717, 1.165) is 51.4 Å². The van der Waals surface area contributed by atoms with Crippen LogP contribution in [0.15, 0.2) is 68.5 Å². The van der Waals surface area contributed by atoms with E-state index in [-0.39, 0.29) is 102 Å². The molecule has 0 spiro atoms. The van der Waals surface area contributed by atoms with Gasteiger partial charge in [0, 0.05) is 24.9 Å². The SMILES string of the molecule is COc1cc(C=N[C@@H]2CCCC[C@H]2N=Cc2cc(OC)cc(C(C)(C)C)c2[O-])c([O-])c(C(C)(C)C)c1.COc1cc(C=N[C@@H]2CCCC[C@H]2N=Cc2cc(OC)cc(C(C)(C)C)c2[O-])c([O-])c(C(C)(C)C)c1.O=S(=O)([O-])C(F)(F)F.O=S(=O)([O-])C(F)(F)F.[Co+3].[Co+3]. The first-order chi connectivity index (χ1) is 40.2. The van der Waals surface area contributed by atoms with E-state index in [2.05, 4.69) is 0 Å². The Morgan fingerprint density at radius 1 is 0.378 bits per heavy atom. The molecule has 4 aromatic rings. The van der Waals surface area contributed by atoms with Crippen molar-refractivity contribution in [3.05, 3.63) is 93.0 Å². The molecule has 0 heterocycles. The first kappa shape index (κ1) is 82.4. The summed E-state index contributed by atoms with van der Waals surface area (Å²) in [5.41, 5.74) is -7.57. The minimum atomic E-state index is -6.09. The van der Waals surface area contributed by atoms with Crippen LogP contribution in [0.25, 0.3) is 0 Å². The Morgan fingerprint density at radius 2 is 0.533 bits per heavy atom. The molecule has 0 radical (unpaired) electrons. The van der Waals surface area contributed by atoms with Crippen LogP contribution in [0.5, 0.6) is 46.0 Å². The molecule has 18 nitrogen and oxygen atoms in total. The number of halogens is 6. The molecule has 0 aromatic heterocycles. The van der Waals surface area contributed by atoms with E-state index < -0.39 is 31.3 Å². The second-order valence-electron chi connectivity index (χ2n) is 25.1. The maximum atomic E-state index is 13.1. The number of aliphatic imine (C=N–C) groups is 4. The molecule has 504 valence electrons. The summed E-state index contributed by atoms with van der Waals surface area (Å²) in [6, 6.07) is 14.0. The maximum absolute atomic E-state index is 13.1. The number of hydrogen-bond acceptors (Lipinski definition) is 18. The van der Waals surface area contributed by atoms with Crippen molar-refractivity contribution in [1.82, 2.24) is 0 Å². The van der Waals surface area contributed by atoms with E-state index in [1.807, 2.05) is 107 Å². The third-order valence-electron chi connectivity index (χ3n) is 14.1. The first-order valence-electron chi connectivity index (χ1n) is 27.9. The van der Waals surface area contributed by atoms with Gasteiger partial charge in [-0.15, -0.1) is 0 Å². The standard InChI is InChI=1S/2C30H42N2O4.2CHF3O3S.2Co/c2*1-29(2,3)23-15-21(35-7)13-19(27(23)33)17-31-25-11-9-10-12-26(25)32-18-20-14-22(36-8)16-24(28(20)34)30(4,5)6;2*2-1(3,4)8(5,6)7;;/h2*13-18,25-26,33-34H,9-12H2,1-8H3;2*(H,5,6,7);;/q;;;;2*+3/p-6/t2*25-,26-;;;;/m11..../s1. The van der Waals surface area contributed by atoms with Crippen molar-refractivity contribution in [3.8, 4) is 46.0 Å². The van der Waals surface area contributed by atoms with Crippen LogP contribution in [-0.4, -0.2) is 114 Å². The van der Waals surface area contributed by atoms with Crippen molar-refractivity contribution in [1.29, 1.82) is 0 Å². The molecule has 2 saturated carbocycles. The normalized spacial score (nSPS) is 17.9. The van der Waals surface area contributed by atoms with Crippen molar-refractivity contribution >= 4 is 45.1 Å². The van der Waals surface area contributed by atoms with Gasteiger partial charge in [0.25, 0.3) is 0 Å². The molecule has 0 amide bonds. The Balaban J connectivity index is 0.000000710. The summed E-state index contributed by atoms with van der Waals surface area (Å²) in [6.07, 6.45) is 14.5. The van der Waals surface area contributed by atoms with Crippen molar-refractivity contribution in [3.63, 3.8) is 0 Å². The molecule has 28 heteroatoms. The minimum Gasteiger partial charge on any atom is -0.872 e. The Morgan fingerprint density at radius 3 is 0.656 bits per heavy atom. The van der Waals surface area contributed by atoms with Gasteiger partial charge in [-0.3, -0.25) is 20.0 Å². The Kier molecular flexibility index (Phi) is 30.5. The molecule has 6 rings (SSSR count). The summed E-state index contributed by atoms with van der Waals surface area (Å²) < 4.78 is 140. The number of nitrogens with zero attached hydrogens (tertiary/aromatic N) is 4. The first-order valence-corrected chi connectivity index (χ1v) is 30.8. The molecule has 2 aliphatic rings. The predicted molar refractivity (Wildman–Crippen MR) is 319 cm³/mol. The Labute approximate surface area is 546 Å². The molecule has 90 heavy (non-hydrogen) atoms. The van der Waals surface area contributed by atoms with E-state index in [1.165, 1.54) is 0 Å². The third kappa shape index (κ3) is 24.1. The summed E-state index contributed by atoms with van der Waals surface area (Å²) in [5.74, 6) is 2.50. The predicted octanol–water partition coefficient (Wildman–Crippen LogP) is 10.7. The fraction of sp³-hybridized carbons (Fsp3) is 0.548. The van der Waals surface area contributed by atoms with Crippen molar-refractivity contribution < 1.29 is 125 Å². The largest absolute Gasteiger partial charge is 3.00 e. The van der Waals surface area contributed by atoms with E-state index >= 15 is 0 Å². The molecule has 4 atom stereocenters. The van der Waals surface area contributed by atoms with Gasteiger partial charge in [0.05, 0.1) is 52.6 Å². The van der Waals surface area contributed by atoms with Gasteiger partial charge < -0.3 is 48.5 Å². The fourth-order valence-electron chi connectivity index (χ4n) is 9.16. The number of ether oxygens (including phenoxy) is 4. The summed E-state index contributed by atoms with van der Waals surface area (Å²) in [7, 11) is -5.76. The zero-order valence-electron chi connectivity index (χ0n) is 53.1. The molecule has 2 fully saturated rings. The second kappa shape index (κ2) is 33.3. The quantitative estimate of drug-likeness (QED) is 0.0551. The van der Waals surface area contributed by atoms with Gasteiger partial charge in [0.1, 0.15) is 23.0 Å². The molecule has 0 N–H and O–H groups in total. The molecule has 0 saturated heterocycles. The zero-order chi connectivity index (χ0) is 67.3. The van der Waals surface area contributed by atoms with Gasteiger partial charge in [0.15, 0.2) is 20.2 Å². The fourth-order valence-corrected chi connectivity index (χ4v) is 9.16. The van der Waals surface area contributed by atoms with Crippen LogP contribution in [-0.2, 0) is 75.5 Å². The van der Waals surface area contributed by atoms with Crippen LogP contribution in [0.1, 0.15) is 179 Å². The van der Waals surface area contributed by atoms with Crippen molar-refractivity contribution in [2.75, 3.05) is 28.4 Å². The summed E-state index contributed by atoms with van der Waals surface area (Å²) in [6.45, 7) is 24.2. The number of benzene rings is 4. The van der Waals surface area contributed by atoms with Gasteiger partial charge >= 0.3 is 44.6 Å². The molecule has 2 aliphatic carbocycles. The number of methoxy groups -OCH3 is 4. The average Bonchev–Trinajstić information content (AvgIpc) is 1.21.